The van der Waals surface area contributed by atoms with Gasteiger partial charge in [0.05, 0.1) is 25.5 Å². The molecule has 3 rings (SSSR count). The highest BCUT2D eigenvalue weighted by Gasteiger charge is 2.27. The molecule has 2 saturated heterocycles. The van der Waals surface area contributed by atoms with Gasteiger partial charge in [-0.05, 0) is 44.0 Å². The summed E-state index contributed by atoms with van der Waals surface area (Å²) in [5.41, 5.74) is 0. The molecule has 2 amide bonds. The molecule has 7 nitrogen and oxygen atoms in total. The first-order valence-electron chi connectivity index (χ1n) is 10.3. The maximum Gasteiger partial charge on any atom is 0.314 e. The molecule has 0 bridgehead atoms. The van der Waals surface area contributed by atoms with Crippen molar-refractivity contribution < 1.29 is 13.9 Å². The summed E-state index contributed by atoms with van der Waals surface area (Å²) in [5, 5.41) is 6.12. The molecule has 7 heteroatoms. The van der Waals surface area contributed by atoms with E-state index in [0.29, 0.717) is 25.0 Å². The number of urea groups is 1. The summed E-state index contributed by atoms with van der Waals surface area (Å²) >= 11 is 0. The van der Waals surface area contributed by atoms with E-state index < -0.39 is 0 Å². The van der Waals surface area contributed by atoms with Crippen molar-refractivity contribution in [2.45, 2.75) is 38.8 Å². The van der Waals surface area contributed by atoms with Crippen LogP contribution in [-0.4, -0.2) is 74.4 Å². The van der Waals surface area contributed by atoms with Crippen molar-refractivity contribution in [3.05, 3.63) is 24.2 Å². The summed E-state index contributed by atoms with van der Waals surface area (Å²) in [4.78, 5) is 17.2. The first-order chi connectivity index (χ1) is 13.1. The molecule has 152 valence electrons. The Morgan fingerprint density at radius 1 is 1.07 bits per heavy atom. The van der Waals surface area contributed by atoms with Gasteiger partial charge in [-0.3, -0.25) is 9.80 Å². The zero-order valence-corrected chi connectivity index (χ0v) is 16.7. The van der Waals surface area contributed by atoms with E-state index in [9.17, 15) is 4.79 Å². The largest absolute Gasteiger partial charge is 0.468 e. The number of hydrogen-bond donors (Lipinski definition) is 2. The van der Waals surface area contributed by atoms with Gasteiger partial charge < -0.3 is 19.8 Å². The van der Waals surface area contributed by atoms with Crippen LogP contribution in [0.3, 0.4) is 0 Å². The van der Waals surface area contributed by atoms with Crippen LogP contribution >= 0.6 is 0 Å². The molecule has 1 aromatic rings. The molecule has 0 spiro atoms. The van der Waals surface area contributed by atoms with Crippen LogP contribution in [0.5, 0.6) is 0 Å². The lowest BCUT2D eigenvalue weighted by atomic mass is 10.0. The Morgan fingerprint density at radius 2 is 1.78 bits per heavy atom. The van der Waals surface area contributed by atoms with Gasteiger partial charge in [0, 0.05) is 32.2 Å². The third-order valence-electron chi connectivity index (χ3n) is 5.67. The highest BCUT2D eigenvalue weighted by molar-refractivity contribution is 5.73. The molecule has 27 heavy (non-hydrogen) atoms. The van der Waals surface area contributed by atoms with Crippen molar-refractivity contribution in [1.29, 1.82) is 0 Å². The smallest absolute Gasteiger partial charge is 0.314 e. The van der Waals surface area contributed by atoms with Gasteiger partial charge in [-0.1, -0.05) is 13.8 Å². The van der Waals surface area contributed by atoms with Crippen LogP contribution in [0, 0.1) is 5.92 Å². The Hall–Kier alpha value is -1.57. The SMILES string of the molecule is CC(C)C(CNC(=O)NCC(c1ccco1)N1CCCC1)N1CCOCC1. The number of rotatable bonds is 8. The predicted octanol–water partition coefficient (Wildman–Crippen LogP) is 2.07. The van der Waals surface area contributed by atoms with Crippen LogP contribution in [0.15, 0.2) is 22.8 Å². The fourth-order valence-corrected chi connectivity index (χ4v) is 4.09. The number of morpholine rings is 1. The lowest BCUT2D eigenvalue weighted by Crippen LogP contribution is -2.52. The maximum absolute atomic E-state index is 12.4. The quantitative estimate of drug-likeness (QED) is 0.725. The number of ether oxygens (including phenoxy) is 1. The summed E-state index contributed by atoms with van der Waals surface area (Å²) in [7, 11) is 0. The zero-order valence-electron chi connectivity index (χ0n) is 16.7. The van der Waals surface area contributed by atoms with E-state index in [2.05, 4.69) is 34.3 Å². The third-order valence-corrected chi connectivity index (χ3v) is 5.67. The average molecular weight is 379 g/mol. The third kappa shape index (κ3) is 5.70. The molecular weight excluding hydrogens is 344 g/mol. The summed E-state index contributed by atoms with van der Waals surface area (Å²) in [6.45, 7) is 11.2. The first kappa shape index (κ1) is 20.2. The summed E-state index contributed by atoms with van der Waals surface area (Å²) in [6, 6.07) is 4.24. The molecule has 2 unspecified atom stereocenters. The van der Waals surface area contributed by atoms with Crippen LogP contribution < -0.4 is 10.6 Å². The van der Waals surface area contributed by atoms with Crippen molar-refractivity contribution in [3.63, 3.8) is 0 Å². The van der Waals surface area contributed by atoms with Crippen molar-refractivity contribution in [2.24, 2.45) is 5.92 Å². The van der Waals surface area contributed by atoms with Gasteiger partial charge >= 0.3 is 6.03 Å². The van der Waals surface area contributed by atoms with Crippen molar-refractivity contribution in [2.75, 3.05) is 52.5 Å². The molecule has 0 aliphatic carbocycles. The number of furan rings is 1. The molecular formula is C20H34N4O3. The molecule has 2 fully saturated rings. The van der Waals surface area contributed by atoms with Crippen LogP contribution in [0.2, 0.25) is 0 Å². The summed E-state index contributed by atoms with van der Waals surface area (Å²) < 4.78 is 11.1. The number of nitrogens with zero attached hydrogens (tertiary/aromatic N) is 2. The van der Waals surface area contributed by atoms with E-state index in [1.54, 1.807) is 6.26 Å². The van der Waals surface area contributed by atoms with Crippen LogP contribution in [-0.2, 0) is 4.74 Å². The van der Waals surface area contributed by atoms with Crippen LogP contribution in [0.1, 0.15) is 38.5 Å². The van der Waals surface area contributed by atoms with E-state index in [0.717, 1.165) is 45.2 Å². The Balaban J connectivity index is 1.48. The molecule has 2 N–H and O–H groups in total. The Kier molecular flexibility index (Phi) is 7.55. The van der Waals surface area contributed by atoms with Crippen molar-refractivity contribution >= 4 is 6.03 Å². The van der Waals surface area contributed by atoms with Gasteiger partial charge in [-0.25, -0.2) is 4.79 Å². The van der Waals surface area contributed by atoms with Crippen LogP contribution in [0.25, 0.3) is 0 Å². The number of carbonyl (C=O) groups excluding carboxylic acids is 1. The lowest BCUT2D eigenvalue weighted by molar-refractivity contribution is 0.00718. The minimum atomic E-state index is -0.107. The Labute approximate surface area is 162 Å². The molecule has 1 aromatic heterocycles. The lowest BCUT2D eigenvalue weighted by Gasteiger charge is -2.37. The van der Waals surface area contributed by atoms with Gasteiger partial charge in [0.25, 0.3) is 0 Å². The second-order valence-corrected chi connectivity index (χ2v) is 7.82. The highest BCUT2D eigenvalue weighted by Crippen LogP contribution is 2.24. The molecule has 0 aromatic carbocycles. The highest BCUT2D eigenvalue weighted by atomic mass is 16.5. The van der Waals surface area contributed by atoms with Gasteiger partial charge in [-0.2, -0.15) is 0 Å². The van der Waals surface area contributed by atoms with E-state index in [4.69, 9.17) is 9.15 Å². The van der Waals surface area contributed by atoms with E-state index in [-0.39, 0.29) is 12.1 Å². The Morgan fingerprint density at radius 3 is 2.41 bits per heavy atom. The van der Waals surface area contributed by atoms with Gasteiger partial charge in [0.15, 0.2) is 0 Å². The minimum Gasteiger partial charge on any atom is -0.468 e. The van der Waals surface area contributed by atoms with Crippen LogP contribution in [0.4, 0.5) is 4.79 Å². The van der Waals surface area contributed by atoms with Crippen molar-refractivity contribution in [3.8, 4) is 0 Å². The van der Waals surface area contributed by atoms with Gasteiger partial charge in [-0.15, -0.1) is 0 Å². The standard InChI is InChI=1S/C20H34N4O3/c1-16(2)17(24-9-12-26-13-10-24)14-21-20(25)22-15-18(19-6-5-11-27-19)23-7-3-4-8-23/h5-6,11,16-18H,3-4,7-10,12-15H2,1-2H3,(H2,21,22,25). The number of carbonyl (C=O) groups is 1. The predicted molar refractivity (Wildman–Crippen MR) is 105 cm³/mol. The van der Waals surface area contributed by atoms with Gasteiger partial charge in [0.1, 0.15) is 5.76 Å². The molecule has 3 heterocycles. The topological polar surface area (TPSA) is 70.0 Å². The Bertz CT molecular complexity index is 552. The minimum absolute atomic E-state index is 0.105. The molecule has 0 saturated carbocycles. The molecule has 2 aliphatic rings. The van der Waals surface area contributed by atoms with E-state index >= 15 is 0 Å². The fraction of sp³-hybridized carbons (Fsp3) is 0.750. The maximum atomic E-state index is 12.4. The number of amides is 2. The van der Waals surface area contributed by atoms with E-state index in [1.807, 2.05) is 12.1 Å². The molecule has 0 radical (unpaired) electrons. The second kappa shape index (κ2) is 10.1. The second-order valence-electron chi connectivity index (χ2n) is 7.82. The number of nitrogens with one attached hydrogen (secondary N) is 2. The number of hydrogen-bond acceptors (Lipinski definition) is 5. The summed E-state index contributed by atoms with van der Waals surface area (Å²) in [5.74, 6) is 1.40. The fourth-order valence-electron chi connectivity index (χ4n) is 4.09. The van der Waals surface area contributed by atoms with E-state index in [1.165, 1.54) is 12.8 Å². The van der Waals surface area contributed by atoms with Gasteiger partial charge in [0.2, 0.25) is 0 Å². The van der Waals surface area contributed by atoms with Crippen molar-refractivity contribution in [1.82, 2.24) is 20.4 Å². The average Bonchev–Trinajstić information content (AvgIpc) is 3.37. The molecule has 2 aliphatic heterocycles. The number of likely N-dealkylation sites (tertiary alicyclic amines) is 1. The molecule has 2 atom stereocenters. The zero-order chi connectivity index (χ0) is 19.1. The summed E-state index contributed by atoms with van der Waals surface area (Å²) in [6.07, 6.45) is 4.12. The normalized spacial score (nSPS) is 21.3. The monoisotopic (exact) mass is 378 g/mol. The first-order valence-corrected chi connectivity index (χ1v) is 10.3.